The van der Waals surface area contributed by atoms with Gasteiger partial charge in [0.2, 0.25) is 5.91 Å². The molecule has 1 aliphatic heterocycles. The molecule has 0 radical (unpaired) electrons. The molecule has 1 saturated heterocycles. The highest BCUT2D eigenvalue weighted by Gasteiger charge is 2.34. The largest absolute Gasteiger partial charge is 0.467 e. The van der Waals surface area contributed by atoms with E-state index in [-0.39, 0.29) is 17.9 Å². The van der Waals surface area contributed by atoms with Gasteiger partial charge >= 0.3 is 5.97 Å². The van der Waals surface area contributed by atoms with Gasteiger partial charge in [0.05, 0.1) is 7.11 Å². The molecule has 1 rings (SSSR count). The van der Waals surface area contributed by atoms with E-state index < -0.39 is 0 Å². The van der Waals surface area contributed by atoms with Crippen LogP contribution in [0, 0.1) is 11.8 Å². The molecule has 0 bridgehead atoms. The minimum Gasteiger partial charge on any atom is -0.467 e. The van der Waals surface area contributed by atoms with Crippen molar-refractivity contribution in [1.82, 2.24) is 4.90 Å². The van der Waals surface area contributed by atoms with Crippen LogP contribution in [-0.4, -0.2) is 43.0 Å². The molecular formula is C15H28N2O3. The van der Waals surface area contributed by atoms with Crippen LogP contribution in [0.3, 0.4) is 0 Å². The second-order valence-corrected chi connectivity index (χ2v) is 5.89. The van der Waals surface area contributed by atoms with Gasteiger partial charge in [-0.05, 0) is 44.1 Å². The number of carbonyl (C=O) groups is 2. The van der Waals surface area contributed by atoms with Crippen molar-refractivity contribution in [2.75, 3.05) is 20.2 Å². The topological polar surface area (TPSA) is 72.6 Å². The van der Waals surface area contributed by atoms with Crippen LogP contribution in [0.5, 0.6) is 0 Å². The Morgan fingerprint density at radius 1 is 1.35 bits per heavy atom. The molecule has 2 unspecified atom stereocenters. The third-order valence-electron chi connectivity index (χ3n) is 4.26. The number of hydrogen-bond donors (Lipinski definition) is 1. The van der Waals surface area contributed by atoms with Crippen molar-refractivity contribution in [3.05, 3.63) is 0 Å². The highest BCUT2D eigenvalue weighted by atomic mass is 16.5. The Balaban J connectivity index is 2.51. The van der Waals surface area contributed by atoms with Gasteiger partial charge in [0.1, 0.15) is 6.04 Å². The number of rotatable bonds is 7. The summed E-state index contributed by atoms with van der Waals surface area (Å²) in [7, 11) is 1.37. The molecule has 1 amide bonds. The van der Waals surface area contributed by atoms with Gasteiger partial charge in [-0.3, -0.25) is 4.79 Å². The summed E-state index contributed by atoms with van der Waals surface area (Å²) in [5, 5.41) is 0. The Hall–Kier alpha value is -1.10. The van der Waals surface area contributed by atoms with E-state index >= 15 is 0 Å². The fourth-order valence-corrected chi connectivity index (χ4v) is 2.92. The average molecular weight is 284 g/mol. The van der Waals surface area contributed by atoms with Gasteiger partial charge in [0.25, 0.3) is 0 Å². The number of esters is 1. The second kappa shape index (κ2) is 8.25. The van der Waals surface area contributed by atoms with Crippen molar-refractivity contribution in [2.45, 2.75) is 52.0 Å². The molecule has 2 N–H and O–H groups in total. The molecule has 0 saturated carbocycles. The molecule has 2 atom stereocenters. The molecular weight excluding hydrogens is 256 g/mol. The summed E-state index contributed by atoms with van der Waals surface area (Å²) in [5.74, 6) is 0.781. The summed E-state index contributed by atoms with van der Waals surface area (Å²) in [6.45, 7) is 5.66. The number of nitrogens with zero attached hydrogens (tertiary/aromatic N) is 1. The van der Waals surface area contributed by atoms with Crippen LogP contribution >= 0.6 is 0 Å². The molecule has 0 aromatic rings. The number of carbonyl (C=O) groups excluding carboxylic acids is 2. The molecule has 0 spiro atoms. The van der Waals surface area contributed by atoms with Crippen molar-refractivity contribution in [1.29, 1.82) is 0 Å². The second-order valence-electron chi connectivity index (χ2n) is 5.89. The molecule has 0 aromatic heterocycles. The molecule has 1 aliphatic rings. The van der Waals surface area contributed by atoms with Crippen LogP contribution in [-0.2, 0) is 14.3 Å². The maximum atomic E-state index is 12.3. The maximum Gasteiger partial charge on any atom is 0.328 e. The summed E-state index contributed by atoms with van der Waals surface area (Å²) in [4.78, 5) is 25.6. The standard InChI is InChI=1S/C15H28N2O3/c1-11(2)12(8-9-16)6-7-14(18)17-10-4-5-13(17)15(19)20-3/h11-13H,4-10,16H2,1-3H3. The maximum absolute atomic E-state index is 12.3. The first-order valence-electron chi connectivity index (χ1n) is 7.58. The predicted molar refractivity (Wildman–Crippen MR) is 78.0 cm³/mol. The lowest BCUT2D eigenvalue weighted by Gasteiger charge is -2.25. The van der Waals surface area contributed by atoms with Crippen LogP contribution in [0.1, 0.15) is 46.0 Å². The minimum absolute atomic E-state index is 0.0700. The van der Waals surface area contributed by atoms with Crippen LogP contribution in [0.4, 0.5) is 0 Å². The third kappa shape index (κ3) is 4.47. The van der Waals surface area contributed by atoms with Gasteiger partial charge in [-0.15, -0.1) is 0 Å². The van der Waals surface area contributed by atoms with E-state index in [1.165, 1.54) is 7.11 Å². The summed E-state index contributed by atoms with van der Waals surface area (Å²) < 4.78 is 4.77. The predicted octanol–water partition coefficient (Wildman–Crippen LogP) is 1.55. The number of ether oxygens (including phenoxy) is 1. The summed E-state index contributed by atoms with van der Waals surface area (Å²) in [6, 6.07) is -0.375. The molecule has 5 heteroatoms. The molecule has 0 aromatic carbocycles. The normalized spacial score (nSPS) is 20.2. The SMILES string of the molecule is COC(=O)C1CCCN1C(=O)CCC(CCN)C(C)C. The van der Waals surface area contributed by atoms with Gasteiger partial charge in [-0.1, -0.05) is 13.8 Å². The molecule has 1 heterocycles. The van der Waals surface area contributed by atoms with Crippen molar-refractivity contribution in [2.24, 2.45) is 17.6 Å². The van der Waals surface area contributed by atoms with Crippen LogP contribution in [0.15, 0.2) is 0 Å². The fourth-order valence-electron chi connectivity index (χ4n) is 2.92. The Labute approximate surface area is 121 Å². The number of methoxy groups -OCH3 is 1. The van der Waals surface area contributed by atoms with Crippen LogP contribution < -0.4 is 5.73 Å². The zero-order valence-electron chi connectivity index (χ0n) is 12.9. The van der Waals surface area contributed by atoms with Gasteiger partial charge in [0.15, 0.2) is 0 Å². The zero-order chi connectivity index (χ0) is 15.1. The molecule has 20 heavy (non-hydrogen) atoms. The molecule has 116 valence electrons. The van der Waals surface area contributed by atoms with E-state index in [9.17, 15) is 9.59 Å². The highest BCUT2D eigenvalue weighted by Crippen LogP contribution is 2.24. The number of nitrogens with two attached hydrogens (primary N) is 1. The van der Waals surface area contributed by atoms with Crippen molar-refractivity contribution in [3.8, 4) is 0 Å². The zero-order valence-corrected chi connectivity index (χ0v) is 12.9. The Morgan fingerprint density at radius 2 is 2.05 bits per heavy atom. The number of likely N-dealkylation sites (tertiary alicyclic amines) is 1. The fraction of sp³-hybridized carbons (Fsp3) is 0.867. The van der Waals surface area contributed by atoms with Crippen LogP contribution in [0.2, 0.25) is 0 Å². The monoisotopic (exact) mass is 284 g/mol. The van der Waals surface area contributed by atoms with E-state index in [4.69, 9.17) is 10.5 Å². The molecule has 5 nitrogen and oxygen atoms in total. The lowest BCUT2D eigenvalue weighted by molar-refractivity contribution is -0.151. The third-order valence-corrected chi connectivity index (χ3v) is 4.26. The average Bonchev–Trinajstić information content (AvgIpc) is 2.91. The first kappa shape index (κ1) is 17.0. The summed E-state index contributed by atoms with van der Waals surface area (Å²) >= 11 is 0. The van der Waals surface area contributed by atoms with Gasteiger partial charge in [0, 0.05) is 13.0 Å². The Morgan fingerprint density at radius 3 is 2.60 bits per heavy atom. The van der Waals surface area contributed by atoms with E-state index in [2.05, 4.69) is 13.8 Å². The Kier molecular flexibility index (Phi) is 6.99. The number of amides is 1. The van der Waals surface area contributed by atoms with Crippen molar-refractivity contribution in [3.63, 3.8) is 0 Å². The van der Waals surface area contributed by atoms with Gasteiger partial charge in [-0.25, -0.2) is 4.79 Å². The number of hydrogen-bond acceptors (Lipinski definition) is 4. The summed E-state index contributed by atoms with van der Waals surface area (Å²) in [6.07, 6.45) is 3.89. The molecule has 1 fully saturated rings. The van der Waals surface area contributed by atoms with Crippen LogP contribution in [0.25, 0.3) is 0 Å². The lowest BCUT2D eigenvalue weighted by atomic mass is 9.88. The van der Waals surface area contributed by atoms with Crippen molar-refractivity contribution >= 4 is 11.9 Å². The van der Waals surface area contributed by atoms with Gasteiger partial charge in [-0.2, -0.15) is 0 Å². The van der Waals surface area contributed by atoms with E-state index in [0.29, 0.717) is 31.3 Å². The van der Waals surface area contributed by atoms with E-state index in [1.807, 2.05) is 0 Å². The first-order valence-corrected chi connectivity index (χ1v) is 7.58. The quantitative estimate of drug-likeness (QED) is 0.720. The van der Waals surface area contributed by atoms with E-state index in [0.717, 1.165) is 25.7 Å². The first-order chi connectivity index (χ1) is 9.51. The van der Waals surface area contributed by atoms with Gasteiger partial charge < -0.3 is 15.4 Å². The minimum atomic E-state index is -0.375. The highest BCUT2D eigenvalue weighted by molar-refractivity contribution is 5.85. The summed E-state index contributed by atoms with van der Waals surface area (Å²) in [5.41, 5.74) is 5.62. The van der Waals surface area contributed by atoms with E-state index in [1.54, 1.807) is 4.90 Å². The van der Waals surface area contributed by atoms with Crippen molar-refractivity contribution < 1.29 is 14.3 Å². The smallest absolute Gasteiger partial charge is 0.328 e. The Bertz CT molecular complexity index is 331. The molecule has 0 aliphatic carbocycles. The lowest BCUT2D eigenvalue weighted by Crippen LogP contribution is -2.41.